The van der Waals surface area contributed by atoms with Gasteiger partial charge in [-0.25, -0.2) is 4.98 Å². The predicted molar refractivity (Wildman–Crippen MR) is 62.0 cm³/mol. The molecule has 78 valence electrons. The largest absolute Gasteiger partial charge is 0.439 e. The highest BCUT2D eigenvalue weighted by Gasteiger charge is 2.05. The first-order valence-corrected chi connectivity index (χ1v) is 5.12. The van der Waals surface area contributed by atoms with Crippen LogP contribution in [-0.2, 0) is 0 Å². The molecule has 0 radical (unpaired) electrons. The smallest absolute Gasteiger partial charge is 0.199 e. The molecule has 0 aliphatic carbocycles. The van der Waals surface area contributed by atoms with E-state index in [2.05, 4.69) is 9.97 Å². The van der Waals surface area contributed by atoms with Crippen LogP contribution in [0.4, 0.5) is 0 Å². The van der Waals surface area contributed by atoms with E-state index >= 15 is 0 Å². The summed E-state index contributed by atoms with van der Waals surface area (Å²) >= 11 is 0. The van der Waals surface area contributed by atoms with Gasteiger partial charge in [0, 0.05) is 12.5 Å². The number of hydrogen-bond acceptors (Lipinski definition) is 3. The van der Waals surface area contributed by atoms with Crippen molar-refractivity contribution in [2.75, 3.05) is 0 Å². The number of benzene rings is 1. The molecule has 3 aromatic rings. The van der Waals surface area contributed by atoms with Crippen molar-refractivity contribution in [3.63, 3.8) is 0 Å². The summed E-state index contributed by atoms with van der Waals surface area (Å²) in [7, 11) is 0. The highest BCUT2D eigenvalue weighted by Crippen LogP contribution is 2.20. The first-order valence-electron chi connectivity index (χ1n) is 5.12. The fraction of sp³-hybridized carbons (Fsp3) is 0.0769. The molecule has 0 atom stereocenters. The molecule has 0 amide bonds. The summed E-state index contributed by atoms with van der Waals surface area (Å²) in [6, 6.07) is 13.9. The Hall–Kier alpha value is -2.16. The van der Waals surface area contributed by atoms with Crippen molar-refractivity contribution in [3.05, 3.63) is 48.4 Å². The molecule has 2 heterocycles. The van der Waals surface area contributed by atoms with E-state index in [0.29, 0.717) is 11.5 Å². The van der Waals surface area contributed by atoms with Crippen molar-refractivity contribution in [2.45, 2.75) is 6.92 Å². The normalized spacial score (nSPS) is 10.8. The average Bonchev–Trinajstić information content (AvgIpc) is 2.69. The number of nitrogens with zero attached hydrogens (tertiary/aromatic N) is 2. The molecule has 0 saturated heterocycles. The van der Waals surface area contributed by atoms with Crippen LogP contribution in [-0.4, -0.2) is 9.97 Å². The average molecular weight is 210 g/mol. The van der Waals surface area contributed by atoms with Gasteiger partial charge in [-0.05, 0) is 12.1 Å². The van der Waals surface area contributed by atoms with Crippen LogP contribution in [0.1, 0.15) is 5.89 Å². The van der Waals surface area contributed by atoms with Gasteiger partial charge in [-0.15, -0.1) is 0 Å². The van der Waals surface area contributed by atoms with Crippen LogP contribution in [0, 0.1) is 6.92 Å². The topological polar surface area (TPSA) is 38.9 Å². The quantitative estimate of drug-likeness (QED) is 0.619. The van der Waals surface area contributed by atoms with Gasteiger partial charge in [0.05, 0.1) is 5.69 Å². The van der Waals surface area contributed by atoms with Gasteiger partial charge in [-0.2, -0.15) is 4.98 Å². The number of oxazole rings is 1. The third-order valence-corrected chi connectivity index (χ3v) is 2.43. The molecule has 0 spiro atoms. The lowest BCUT2D eigenvalue weighted by atomic mass is 10.1. The minimum Gasteiger partial charge on any atom is -0.439 e. The Bertz CT molecular complexity index is 629. The number of fused-ring (bicyclic) bond motifs is 1. The molecule has 1 aromatic carbocycles. The molecule has 3 heteroatoms. The Labute approximate surface area is 92.8 Å². The number of aromatic nitrogens is 2. The number of rotatable bonds is 1. The first-order chi connectivity index (χ1) is 7.83. The van der Waals surface area contributed by atoms with Gasteiger partial charge < -0.3 is 4.42 Å². The zero-order valence-electron chi connectivity index (χ0n) is 8.84. The minimum absolute atomic E-state index is 0.646. The van der Waals surface area contributed by atoms with Crippen LogP contribution in [0.5, 0.6) is 0 Å². The maximum absolute atomic E-state index is 5.39. The summed E-state index contributed by atoms with van der Waals surface area (Å²) in [5, 5.41) is 0. The van der Waals surface area contributed by atoms with Gasteiger partial charge in [0.25, 0.3) is 0 Å². The highest BCUT2D eigenvalue weighted by atomic mass is 16.3. The summed E-state index contributed by atoms with van der Waals surface area (Å²) in [6.07, 6.45) is 0. The zero-order chi connectivity index (χ0) is 11.0. The Balaban J connectivity index is 2.18. The molecule has 0 unspecified atom stereocenters. The lowest BCUT2D eigenvalue weighted by Gasteiger charge is -1.98. The summed E-state index contributed by atoms with van der Waals surface area (Å²) < 4.78 is 5.39. The first kappa shape index (κ1) is 9.09. The summed E-state index contributed by atoms with van der Waals surface area (Å²) in [5.74, 6) is 0.646. The molecule has 3 nitrogen and oxygen atoms in total. The van der Waals surface area contributed by atoms with Crippen molar-refractivity contribution >= 4 is 11.2 Å². The van der Waals surface area contributed by atoms with Gasteiger partial charge >= 0.3 is 0 Å². The van der Waals surface area contributed by atoms with E-state index in [1.165, 1.54) is 0 Å². The lowest BCUT2D eigenvalue weighted by molar-refractivity contribution is 0.561. The summed E-state index contributed by atoms with van der Waals surface area (Å²) in [5.41, 5.74) is 3.41. The monoisotopic (exact) mass is 210 g/mol. The number of aryl methyl sites for hydroxylation is 1. The van der Waals surface area contributed by atoms with Crippen LogP contribution in [0.15, 0.2) is 46.9 Å². The molecule has 0 fully saturated rings. The molecule has 0 aliphatic heterocycles. The fourth-order valence-electron chi connectivity index (χ4n) is 1.70. The SMILES string of the molecule is Cc1nc2nc(-c3ccccc3)ccc2o1. The molecule has 16 heavy (non-hydrogen) atoms. The van der Waals surface area contributed by atoms with E-state index in [9.17, 15) is 0 Å². The molecule has 0 aliphatic rings. The third kappa shape index (κ3) is 1.46. The number of hydrogen-bond donors (Lipinski definition) is 0. The highest BCUT2D eigenvalue weighted by molar-refractivity contribution is 5.73. The van der Waals surface area contributed by atoms with E-state index in [0.717, 1.165) is 16.8 Å². The second-order valence-corrected chi connectivity index (χ2v) is 3.62. The Morgan fingerprint density at radius 3 is 2.56 bits per heavy atom. The van der Waals surface area contributed by atoms with Crippen LogP contribution in [0.2, 0.25) is 0 Å². The molecular formula is C13H10N2O. The molecule has 0 saturated carbocycles. The van der Waals surface area contributed by atoms with E-state index in [1.807, 2.05) is 49.4 Å². The van der Waals surface area contributed by atoms with E-state index < -0.39 is 0 Å². The molecule has 0 bridgehead atoms. The van der Waals surface area contributed by atoms with Gasteiger partial charge in [0.2, 0.25) is 0 Å². The van der Waals surface area contributed by atoms with Crippen LogP contribution < -0.4 is 0 Å². The summed E-state index contributed by atoms with van der Waals surface area (Å²) in [4.78, 5) is 8.68. The van der Waals surface area contributed by atoms with Crippen molar-refractivity contribution in [2.24, 2.45) is 0 Å². The zero-order valence-corrected chi connectivity index (χ0v) is 8.84. The van der Waals surface area contributed by atoms with Crippen LogP contribution in [0.25, 0.3) is 22.5 Å². The van der Waals surface area contributed by atoms with Crippen molar-refractivity contribution < 1.29 is 4.42 Å². The van der Waals surface area contributed by atoms with Crippen molar-refractivity contribution in [3.8, 4) is 11.3 Å². The van der Waals surface area contributed by atoms with E-state index in [4.69, 9.17) is 4.42 Å². The second-order valence-electron chi connectivity index (χ2n) is 3.62. The maximum Gasteiger partial charge on any atom is 0.199 e. The van der Waals surface area contributed by atoms with Gasteiger partial charge in [-0.1, -0.05) is 30.3 Å². The predicted octanol–water partition coefficient (Wildman–Crippen LogP) is 3.20. The van der Waals surface area contributed by atoms with Crippen LogP contribution in [0.3, 0.4) is 0 Å². The van der Waals surface area contributed by atoms with Gasteiger partial charge in [-0.3, -0.25) is 0 Å². The van der Waals surface area contributed by atoms with Crippen molar-refractivity contribution in [1.82, 2.24) is 9.97 Å². The van der Waals surface area contributed by atoms with Gasteiger partial charge in [0.15, 0.2) is 17.1 Å². The number of pyridine rings is 1. The standard InChI is InChI=1S/C13H10N2O/c1-9-14-13-12(16-9)8-7-11(15-13)10-5-3-2-4-6-10/h2-8H,1H3. The molecule has 0 N–H and O–H groups in total. The van der Waals surface area contributed by atoms with Gasteiger partial charge in [0.1, 0.15) is 0 Å². The summed E-state index contributed by atoms with van der Waals surface area (Å²) in [6.45, 7) is 1.82. The van der Waals surface area contributed by atoms with Crippen LogP contribution >= 0.6 is 0 Å². The minimum atomic E-state index is 0.646. The Morgan fingerprint density at radius 2 is 1.75 bits per heavy atom. The molecule has 2 aromatic heterocycles. The lowest BCUT2D eigenvalue weighted by Crippen LogP contribution is -1.83. The van der Waals surface area contributed by atoms with E-state index in [-0.39, 0.29) is 0 Å². The van der Waals surface area contributed by atoms with E-state index in [1.54, 1.807) is 0 Å². The fourth-order valence-corrected chi connectivity index (χ4v) is 1.70. The molecular weight excluding hydrogens is 200 g/mol. The Kier molecular flexibility index (Phi) is 1.96. The third-order valence-electron chi connectivity index (χ3n) is 2.43. The van der Waals surface area contributed by atoms with Crippen molar-refractivity contribution in [1.29, 1.82) is 0 Å². The second kappa shape index (κ2) is 3.45. The Morgan fingerprint density at radius 1 is 0.938 bits per heavy atom. The maximum atomic E-state index is 5.39. The molecule has 3 rings (SSSR count).